The number of guanidine groups is 1. The fourth-order valence-corrected chi connectivity index (χ4v) is 3.34. The molecular formula is C21H32FN5O3. The topological polar surface area (TPSA) is 78.4 Å². The number of likely N-dealkylation sites (tertiary alicyclic amines) is 1. The highest BCUT2D eigenvalue weighted by Crippen LogP contribution is 2.21. The van der Waals surface area contributed by atoms with Crippen molar-refractivity contribution < 1.29 is 18.7 Å². The van der Waals surface area contributed by atoms with Crippen LogP contribution in [0.25, 0.3) is 0 Å². The first-order chi connectivity index (χ1) is 14.2. The van der Waals surface area contributed by atoms with E-state index >= 15 is 0 Å². The lowest BCUT2D eigenvalue weighted by atomic mass is 10.1. The summed E-state index contributed by atoms with van der Waals surface area (Å²) in [5, 5.41) is 6.47. The van der Waals surface area contributed by atoms with Crippen LogP contribution in [0.1, 0.15) is 26.3 Å². The first-order valence-electron chi connectivity index (χ1n) is 10.3. The fourth-order valence-electron chi connectivity index (χ4n) is 3.34. The molecule has 0 saturated carbocycles. The second-order valence-electron chi connectivity index (χ2n) is 8.54. The van der Waals surface area contributed by atoms with Crippen LogP contribution in [0.4, 0.5) is 14.9 Å². The lowest BCUT2D eigenvalue weighted by Gasteiger charge is -2.40. The Morgan fingerprint density at radius 1 is 1.30 bits per heavy atom. The summed E-state index contributed by atoms with van der Waals surface area (Å²) in [6, 6.07) is 5.39. The van der Waals surface area contributed by atoms with E-state index in [-0.39, 0.29) is 18.0 Å². The monoisotopic (exact) mass is 421 g/mol. The maximum atomic E-state index is 14.5. The van der Waals surface area contributed by atoms with E-state index in [0.717, 1.165) is 5.56 Å². The van der Waals surface area contributed by atoms with E-state index in [0.29, 0.717) is 57.6 Å². The number of benzene rings is 1. The molecule has 9 heteroatoms. The Kier molecular flexibility index (Phi) is 7.02. The molecule has 1 aromatic carbocycles. The van der Waals surface area contributed by atoms with Crippen LogP contribution in [0.5, 0.6) is 0 Å². The van der Waals surface area contributed by atoms with Crippen molar-refractivity contribution in [3.63, 3.8) is 0 Å². The molecule has 2 saturated heterocycles. The van der Waals surface area contributed by atoms with Gasteiger partial charge >= 0.3 is 6.09 Å². The average Bonchev–Trinajstić information content (AvgIpc) is 2.66. The molecule has 2 fully saturated rings. The first kappa shape index (κ1) is 22.1. The predicted molar refractivity (Wildman–Crippen MR) is 114 cm³/mol. The Hall–Kier alpha value is -2.55. The summed E-state index contributed by atoms with van der Waals surface area (Å²) in [5.41, 5.74) is 0.942. The molecule has 2 N–H and O–H groups in total. The van der Waals surface area contributed by atoms with Gasteiger partial charge in [0.25, 0.3) is 0 Å². The van der Waals surface area contributed by atoms with Gasteiger partial charge in [-0.05, 0) is 38.5 Å². The van der Waals surface area contributed by atoms with Gasteiger partial charge in [0.1, 0.15) is 11.4 Å². The summed E-state index contributed by atoms with van der Waals surface area (Å²) in [6.07, 6.45) is -0.306. The van der Waals surface area contributed by atoms with Gasteiger partial charge in [-0.25, -0.2) is 9.18 Å². The van der Waals surface area contributed by atoms with Crippen molar-refractivity contribution in [1.29, 1.82) is 0 Å². The van der Waals surface area contributed by atoms with Crippen LogP contribution in [0, 0.1) is 5.82 Å². The van der Waals surface area contributed by atoms with Crippen LogP contribution >= 0.6 is 0 Å². The Bertz CT molecular complexity index is 768. The highest BCUT2D eigenvalue weighted by Gasteiger charge is 2.34. The smallest absolute Gasteiger partial charge is 0.410 e. The summed E-state index contributed by atoms with van der Waals surface area (Å²) in [5.74, 6) is 0.382. The van der Waals surface area contributed by atoms with E-state index in [1.165, 1.54) is 0 Å². The largest absolute Gasteiger partial charge is 0.444 e. The van der Waals surface area contributed by atoms with Gasteiger partial charge in [0, 0.05) is 39.8 Å². The molecule has 0 aromatic heterocycles. The zero-order chi connectivity index (χ0) is 21.7. The van der Waals surface area contributed by atoms with E-state index in [1.807, 2.05) is 37.8 Å². The number of hydrogen-bond acceptors (Lipinski definition) is 5. The molecule has 0 aliphatic carbocycles. The maximum absolute atomic E-state index is 14.5. The minimum atomic E-state index is -0.500. The Morgan fingerprint density at radius 2 is 2.00 bits per heavy atom. The molecule has 8 nitrogen and oxygen atoms in total. The lowest BCUT2D eigenvalue weighted by molar-refractivity contribution is 0.00701. The van der Waals surface area contributed by atoms with E-state index in [1.54, 1.807) is 18.0 Å². The molecule has 0 radical (unpaired) electrons. The van der Waals surface area contributed by atoms with Crippen molar-refractivity contribution in [2.24, 2.45) is 4.99 Å². The van der Waals surface area contributed by atoms with Crippen LogP contribution in [0.3, 0.4) is 0 Å². The molecule has 1 amide bonds. The average molecular weight is 422 g/mol. The number of ether oxygens (including phenoxy) is 2. The second kappa shape index (κ2) is 9.51. The molecule has 166 valence electrons. The Balaban J connectivity index is 1.45. The molecule has 2 heterocycles. The van der Waals surface area contributed by atoms with E-state index < -0.39 is 5.60 Å². The van der Waals surface area contributed by atoms with Crippen LogP contribution in [0.2, 0.25) is 0 Å². The third kappa shape index (κ3) is 5.98. The van der Waals surface area contributed by atoms with E-state index in [9.17, 15) is 9.18 Å². The maximum Gasteiger partial charge on any atom is 0.410 e. The van der Waals surface area contributed by atoms with E-state index in [2.05, 4.69) is 15.6 Å². The molecule has 0 bridgehead atoms. The molecule has 3 rings (SSSR count). The molecule has 0 spiro atoms. The van der Waals surface area contributed by atoms with Crippen molar-refractivity contribution in [1.82, 2.24) is 15.5 Å². The molecule has 0 unspecified atom stereocenters. The number of rotatable bonds is 4. The minimum Gasteiger partial charge on any atom is -0.444 e. The summed E-state index contributed by atoms with van der Waals surface area (Å²) in [7, 11) is 1.68. The predicted octanol–water partition coefficient (Wildman–Crippen LogP) is 1.95. The quantitative estimate of drug-likeness (QED) is 0.572. The van der Waals surface area contributed by atoms with Gasteiger partial charge in [-0.15, -0.1) is 0 Å². The number of anilines is 1. The Labute approximate surface area is 177 Å². The summed E-state index contributed by atoms with van der Waals surface area (Å²) >= 11 is 0. The fraction of sp³-hybridized carbons (Fsp3) is 0.619. The lowest BCUT2D eigenvalue weighted by Crippen LogP contribution is -2.63. The van der Waals surface area contributed by atoms with Gasteiger partial charge in [0.05, 0.1) is 24.9 Å². The number of nitrogens with zero attached hydrogens (tertiary/aromatic N) is 3. The summed E-state index contributed by atoms with van der Waals surface area (Å²) in [4.78, 5) is 19.9. The normalized spacial score (nSPS) is 18.1. The summed E-state index contributed by atoms with van der Waals surface area (Å²) in [6.45, 7) is 9.75. The number of carbonyl (C=O) groups is 1. The summed E-state index contributed by atoms with van der Waals surface area (Å²) < 4.78 is 25.2. The van der Waals surface area contributed by atoms with Crippen molar-refractivity contribution >= 4 is 17.7 Å². The first-order valence-corrected chi connectivity index (χ1v) is 10.3. The molecular weight excluding hydrogens is 389 g/mol. The molecule has 2 aliphatic rings. The standard InChI is InChI=1S/C21H32FN5O3/c1-21(2,3)30-20(28)27-13-16(14-27)25-19(23-4)24-12-15-5-6-18(17(22)11-15)26-7-9-29-10-8-26/h5-6,11,16H,7-10,12-14H2,1-4H3,(H2,23,24,25). The van der Waals surface area contributed by atoms with Gasteiger partial charge in [0.15, 0.2) is 5.96 Å². The van der Waals surface area contributed by atoms with E-state index in [4.69, 9.17) is 9.47 Å². The number of carbonyl (C=O) groups excluding carboxylic acids is 1. The third-order valence-electron chi connectivity index (χ3n) is 4.92. The molecule has 2 aliphatic heterocycles. The SMILES string of the molecule is CN=C(NCc1ccc(N2CCOCC2)c(F)c1)NC1CN(C(=O)OC(C)(C)C)C1. The van der Waals surface area contributed by atoms with Gasteiger partial charge in [-0.1, -0.05) is 6.07 Å². The molecule has 1 aromatic rings. The number of hydrogen-bond donors (Lipinski definition) is 2. The van der Waals surface area contributed by atoms with Crippen molar-refractivity contribution in [2.45, 2.75) is 39.0 Å². The number of amides is 1. The zero-order valence-electron chi connectivity index (χ0n) is 18.2. The number of nitrogens with one attached hydrogen (secondary N) is 2. The number of aliphatic imine (C=N–C) groups is 1. The van der Waals surface area contributed by atoms with Crippen LogP contribution < -0.4 is 15.5 Å². The zero-order valence-corrected chi connectivity index (χ0v) is 18.2. The van der Waals surface area contributed by atoms with Gasteiger partial charge in [-0.3, -0.25) is 4.99 Å². The van der Waals surface area contributed by atoms with Crippen molar-refractivity contribution in [3.05, 3.63) is 29.6 Å². The number of morpholine rings is 1. The van der Waals surface area contributed by atoms with Crippen LogP contribution in [-0.2, 0) is 16.0 Å². The van der Waals surface area contributed by atoms with Crippen LogP contribution in [0.15, 0.2) is 23.2 Å². The van der Waals surface area contributed by atoms with Gasteiger partial charge < -0.3 is 29.9 Å². The third-order valence-corrected chi connectivity index (χ3v) is 4.92. The minimum absolute atomic E-state index is 0.101. The molecule has 30 heavy (non-hydrogen) atoms. The highest BCUT2D eigenvalue weighted by molar-refractivity contribution is 5.80. The Morgan fingerprint density at radius 3 is 2.60 bits per heavy atom. The van der Waals surface area contributed by atoms with Crippen molar-refractivity contribution in [2.75, 3.05) is 51.3 Å². The van der Waals surface area contributed by atoms with Crippen LogP contribution in [-0.4, -0.2) is 75.0 Å². The number of halogens is 1. The highest BCUT2D eigenvalue weighted by atomic mass is 19.1. The molecule has 0 atom stereocenters. The van der Waals surface area contributed by atoms with Gasteiger partial charge in [0.2, 0.25) is 0 Å². The van der Waals surface area contributed by atoms with Crippen molar-refractivity contribution in [3.8, 4) is 0 Å². The van der Waals surface area contributed by atoms with Gasteiger partial charge in [-0.2, -0.15) is 0 Å². The second-order valence-corrected chi connectivity index (χ2v) is 8.54.